The summed E-state index contributed by atoms with van der Waals surface area (Å²) in [6, 6.07) is 3.15. The SMILES string of the molecule is COc1ccc(F)cc1C(Cn1c(=O)n(C2CCN(C(C)C)C2=O)c(=O)c2c(C)c(-n3nccn3)sc21)OC1CCOCC1. The second kappa shape index (κ2) is 12.3. The van der Waals surface area contributed by atoms with Crippen LogP contribution in [0.4, 0.5) is 4.39 Å². The quantitative estimate of drug-likeness (QED) is 0.277. The Kier molecular flexibility index (Phi) is 8.40. The number of rotatable bonds is 9. The average molecular weight is 627 g/mol. The van der Waals surface area contributed by atoms with Gasteiger partial charge in [0.05, 0.1) is 37.5 Å². The van der Waals surface area contributed by atoms with Gasteiger partial charge in [-0.15, -0.1) is 4.80 Å². The van der Waals surface area contributed by atoms with Crippen LogP contribution in [0.1, 0.15) is 56.4 Å². The second-order valence-electron chi connectivity index (χ2n) is 11.4. The summed E-state index contributed by atoms with van der Waals surface area (Å²) < 4.78 is 34.9. The van der Waals surface area contributed by atoms with E-state index in [-0.39, 0.29) is 24.6 Å². The van der Waals surface area contributed by atoms with E-state index in [9.17, 15) is 18.8 Å². The maximum Gasteiger partial charge on any atom is 0.332 e. The van der Waals surface area contributed by atoms with Crippen molar-refractivity contribution in [1.29, 1.82) is 0 Å². The highest BCUT2D eigenvalue weighted by Gasteiger charge is 2.38. The Morgan fingerprint density at radius 3 is 2.50 bits per heavy atom. The van der Waals surface area contributed by atoms with Crippen molar-refractivity contribution in [2.45, 2.75) is 70.9 Å². The Bertz CT molecular complexity index is 1790. The summed E-state index contributed by atoms with van der Waals surface area (Å²) >= 11 is 1.20. The van der Waals surface area contributed by atoms with Crippen LogP contribution in [0.25, 0.3) is 15.2 Å². The van der Waals surface area contributed by atoms with E-state index in [2.05, 4.69) is 10.2 Å². The molecule has 0 bridgehead atoms. The van der Waals surface area contributed by atoms with Crippen LogP contribution in [0.2, 0.25) is 0 Å². The number of thiophene rings is 1. The molecule has 0 N–H and O–H groups in total. The number of hydrogen-bond acceptors (Lipinski definition) is 9. The minimum absolute atomic E-state index is 0.0620. The van der Waals surface area contributed by atoms with E-state index >= 15 is 0 Å². The van der Waals surface area contributed by atoms with Crippen molar-refractivity contribution in [3.63, 3.8) is 0 Å². The van der Waals surface area contributed by atoms with Gasteiger partial charge in [-0.3, -0.25) is 14.2 Å². The van der Waals surface area contributed by atoms with E-state index in [0.717, 1.165) is 4.57 Å². The van der Waals surface area contributed by atoms with E-state index < -0.39 is 29.2 Å². The van der Waals surface area contributed by atoms with Gasteiger partial charge in [0.1, 0.15) is 33.5 Å². The fraction of sp³-hybridized carbons (Fsp3) is 0.500. The number of likely N-dealkylation sites (tertiary alicyclic amines) is 1. The van der Waals surface area contributed by atoms with Crippen molar-refractivity contribution >= 4 is 27.5 Å². The number of nitrogens with zero attached hydrogens (tertiary/aromatic N) is 6. The van der Waals surface area contributed by atoms with E-state index in [4.69, 9.17) is 14.2 Å². The first kappa shape index (κ1) is 30.2. The summed E-state index contributed by atoms with van der Waals surface area (Å²) in [4.78, 5) is 45.6. The van der Waals surface area contributed by atoms with E-state index in [1.165, 1.54) is 58.4 Å². The molecule has 4 aromatic rings. The van der Waals surface area contributed by atoms with Gasteiger partial charge < -0.3 is 19.1 Å². The third-order valence-electron chi connectivity index (χ3n) is 8.38. The van der Waals surface area contributed by atoms with Gasteiger partial charge in [-0.2, -0.15) is 10.2 Å². The van der Waals surface area contributed by atoms with Gasteiger partial charge in [-0.25, -0.2) is 13.8 Å². The Balaban J connectivity index is 1.56. The molecule has 1 amide bonds. The number of carbonyl (C=O) groups excluding carboxylic acids is 1. The Hall–Kier alpha value is -3.88. The molecule has 12 nitrogen and oxygen atoms in total. The van der Waals surface area contributed by atoms with E-state index in [1.54, 1.807) is 11.8 Å². The van der Waals surface area contributed by atoms with Crippen molar-refractivity contribution in [1.82, 2.24) is 29.0 Å². The van der Waals surface area contributed by atoms with Crippen LogP contribution < -0.4 is 16.0 Å². The number of hydrogen-bond donors (Lipinski definition) is 0. The number of ether oxygens (including phenoxy) is 3. The van der Waals surface area contributed by atoms with E-state index in [0.29, 0.717) is 71.1 Å². The molecule has 234 valence electrons. The fourth-order valence-electron chi connectivity index (χ4n) is 6.12. The lowest BCUT2D eigenvalue weighted by atomic mass is 10.1. The predicted octanol–water partition coefficient (Wildman–Crippen LogP) is 3.38. The average Bonchev–Trinajstić information content (AvgIpc) is 3.75. The molecule has 0 aliphatic carbocycles. The number of amides is 1. The molecule has 44 heavy (non-hydrogen) atoms. The van der Waals surface area contributed by atoms with Crippen molar-refractivity contribution in [3.05, 3.63) is 68.4 Å². The van der Waals surface area contributed by atoms with Gasteiger partial charge in [0.25, 0.3) is 5.56 Å². The summed E-state index contributed by atoms with van der Waals surface area (Å²) in [6.45, 7) is 7.00. The molecule has 2 unspecified atom stereocenters. The highest BCUT2D eigenvalue weighted by molar-refractivity contribution is 7.21. The largest absolute Gasteiger partial charge is 0.496 e. The van der Waals surface area contributed by atoms with Crippen LogP contribution in [-0.4, -0.2) is 73.9 Å². The molecular formula is C30H35FN6O6S. The summed E-state index contributed by atoms with van der Waals surface area (Å²) in [5.74, 6) is -0.342. The number of fused-ring (bicyclic) bond motifs is 1. The van der Waals surface area contributed by atoms with E-state index in [1.807, 2.05) is 13.8 Å². The minimum Gasteiger partial charge on any atom is -0.496 e. The van der Waals surface area contributed by atoms with Gasteiger partial charge in [0.2, 0.25) is 5.91 Å². The molecule has 0 spiro atoms. The highest BCUT2D eigenvalue weighted by Crippen LogP contribution is 2.36. The Morgan fingerprint density at radius 2 is 1.84 bits per heavy atom. The zero-order valence-electron chi connectivity index (χ0n) is 25.1. The fourth-order valence-corrected chi connectivity index (χ4v) is 7.34. The van der Waals surface area contributed by atoms with Crippen LogP contribution in [0.3, 0.4) is 0 Å². The maximum absolute atomic E-state index is 14.7. The molecule has 5 heterocycles. The van der Waals surface area contributed by atoms with Gasteiger partial charge in [0, 0.05) is 36.9 Å². The van der Waals surface area contributed by atoms with Crippen molar-refractivity contribution in [2.24, 2.45) is 0 Å². The lowest BCUT2D eigenvalue weighted by Crippen LogP contribution is -2.45. The van der Waals surface area contributed by atoms with Gasteiger partial charge in [-0.1, -0.05) is 11.3 Å². The standard InChI is InChI=1S/C30H35FN6O6S/c1-17(2)34-12-7-22(26(34)38)36-27(39)25-18(3)28(37-32-10-11-33-37)44-29(25)35(30(36)40)16-24(43-20-8-13-42-14-9-20)21-15-19(31)5-6-23(21)41-4/h5-6,10-11,15,17,20,22,24H,7-9,12-14,16H2,1-4H3. The zero-order chi connectivity index (χ0) is 31.1. The smallest absolute Gasteiger partial charge is 0.332 e. The first-order valence-electron chi connectivity index (χ1n) is 14.7. The third kappa shape index (κ3) is 5.35. The van der Waals surface area contributed by atoms with Crippen molar-refractivity contribution in [2.75, 3.05) is 26.9 Å². The molecule has 2 saturated heterocycles. The summed E-state index contributed by atoms with van der Waals surface area (Å²) in [7, 11) is 1.49. The molecule has 14 heteroatoms. The second-order valence-corrected chi connectivity index (χ2v) is 12.3. The number of benzene rings is 1. The number of aromatic nitrogens is 5. The first-order chi connectivity index (χ1) is 21.2. The number of halogens is 1. The molecule has 1 aromatic carbocycles. The van der Waals surface area contributed by atoms with Gasteiger partial charge in [-0.05, 0) is 58.2 Å². The van der Waals surface area contributed by atoms with Crippen LogP contribution in [-0.2, 0) is 20.8 Å². The molecule has 2 aliphatic heterocycles. The topological polar surface area (TPSA) is 123 Å². The summed E-state index contributed by atoms with van der Waals surface area (Å²) in [5, 5.41) is 9.37. The molecule has 2 atom stereocenters. The zero-order valence-corrected chi connectivity index (χ0v) is 25.9. The Labute approximate surface area is 256 Å². The molecule has 6 rings (SSSR count). The molecule has 0 radical (unpaired) electrons. The third-order valence-corrected chi connectivity index (χ3v) is 9.66. The first-order valence-corrected chi connectivity index (χ1v) is 15.5. The predicted molar refractivity (Wildman–Crippen MR) is 161 cm³/mol. The highest BCUT2D eigenvalue weighted by atomic mass is 32.1. The number of aryl methyl sites for hydroxylation is 1. The molecular weight excluding hydrogens is 591 g/mol. The molecule has 2 fully saturated rings. The van der Waals surface area contributed by atoms with Gasteiger partial charge >= 0.3 is 5.69 Å². The number of methoxy groups -OCH3 is 1. The van der Waals surface area contributed by atoms with Crippen LogP contribution >= 0.6 is 11.3 Å². The maximum atomic E-state index is 14.7. The number of carbonyl (C=O) groups is 1. The van der Waals surface area contributed by atoms with Crippen molar-refractivity contribution in [3.8, 4) is 10.8 Å². The molecule has 0 saturated carbocycles. The summed E-state index contributed by atoms with van der Waals surface area (Å²) in [5.41, 5.74) is -0.154. The lowest BCUT2D eigenvalue weighted by molar-refractivity contribution is -0.131. The Morgan fingerprint density at radius 1 is 1.11 bits per heavy atom. The van der Waals surface area contributed by atoms with Crippen LogP contribution in [0.15, 0.2) is 40.2 Å². The van der Waals surface area contributed by atoms with Crippen molar-refractivity contribution < 1.29 is 23.4 Å². The van der Waals surface area contributed by atoms with Crippen LogP contribution in [0, 0.1) is 12.7 Å². The summed E-state index contributed by atoms with van der Waals surface area (Å²) in [6.07, 6.45) is 3.62. The monoisotopic (exact) mass is 626 g/mol. The molecule has 2 aliphatic rings. The minimum atomic E-state index is -0.947. The molecule has 3 aromatic heterocycles. The normalized spacial score (nSPS) is 18.5. The van der Waals surface area contributed by atoms with Gasteiger partial charge in [0.15, 0.2) is 0 Å². The lowest BCUT2D eigenvalue weighted by Gasteiger charge is -2.29. The van der Waals surface area contributed by atoms with Crippen LogP contribution in [0.5, 0.6) is 5.75 Å².